The van der Waals surface area contributed by atoms with E-state index >= 15 is 0 Å². The number of alkyl halides is 3. The van der Waals surface area contributed by atoms with Crippen molar-refractivity contribution in [1.29, 1.82) is 0 Å². The Morgan fingerprint density at radius 2 is 1.88 bits per heavy atom. The van der Waals surface area contributed by atoms with Crippen LogP contribution in [0.25, 0.3) is 11.0 Å². The fraction of sp³-hybridized carbons (Fsp3) is 0.278. The van der Waals surface area contributed by atoms with Gasteiger partial charge in [-0.05, 0) is 43.7 Å². The molecule has 0 unspecified atom stereocenters. The second-order valence-corrected chi connectivity index (χ2v) is 6.35. The molecule has 0 atom stereocenters. The van der Waals surface area contributed by atoms with Crippen LogP contribution >= 0.6 is 0 Å². The van der Waals surface area contributed by atoms with E-state index in [-0.39, 0.29) is 18.1 Å². The fourth-order valence-corrected chi connectivity index (χ4v) is 3.37. The van der Waals surface area contributed by atoms with E-state index in [1.165, 1.54) is 11.0 Å². The molecule has 1 aliphatic heterocycles. The standard InChI is InChI=1S/C18H15F3N4O/c1-10-7-11(2)23-16-13(10)9-14-17(26)24(5-6-25(14)16)12-3-4-22-15(8-12)18(19,20)21/h3-4,7-9H,5-6H2,1-2H3. The summed E-state index contributed by atoms with van der Waals surface area (Å²) in [5.41, 5.74) is 2.21. The number of hydrogen-bond acceptors (Lipinski definition) is 3. The quantitative estimate of drug-likeness (QED) is 0.664. The molecule has 0 bridgehead atoms. The number of halogens is 3. The van der Waals surface area contributed by atoms with Crippen molar-refractivity contribution in [3.63, 3.8) is 0 Å². The minimum Gasteiger partial charge on any atom is -0.319 e. The molecule has 5 nitrogen and oxygen atoms in total. The van der Waals surface area contributed by atoms with Gasteiger partial charge < -0.3 is 9.47 Å². The molecule has 26 heavy (non-hydrogen) atoms. The molecule has 3 aromatic rings. The molecule has 1 aliphatic rings. The molecule has 0 saturated carbocycles. The van der Waals surface area contributed by atoms with Gasteiger partial charge in [-0.1, -0.05) is 0 Å². The van der Waals surface area contributed by atoms with Crippen molar-refractivity contribution in [1.82, 2.24) is 14.5 Å². The molecule has 4 rings (SSSR count). The largest absolute Gasteiger partial charge is 0.433 e. The Bertz CT molecular complexity index is 1040. The molecule has 0 radical (unpaired) electrons. The van der Waals surface area contributed by atoms with Gasteiger partial charge in [0.05, 0.1) is 0 Å². The number of carbonyl (C=O) groups is 1. The number of fused-ring (bicyclic) bond motifs is 3. The van der Waals surface area contributed by atoms with Crippen LogP contribution < -0.4 is 4.90 Å². The molecule has 4 heterocycles. The van der Waals surface area contributed by atoms with Gasteiger partial charge in [-0.25, -0.2) is 4.98 Å². The van der Waals surface area contributed by atoms with E-state index in [4.69, 9.17) is 0 Å². The van der Waals surface area contributed by atoms with Crippen LogP contribution in [0, 0.1) is 13.8 Å². The molecule has 8 heteroatoms. The topological polar surface area (TPSA) is 51.0 Å². The summed E-state index contributed by atoms with van der Waals surface area (Å²) in [5.74, 6) is -0.342. The third-order valence-electron chi connectivity index (χ3n) is 4.56. The molecule has 3 aromatic heterocycles. The van der Waals surface area contributed by atoms with Gasteiger partial charge in [0.25, 0.3) is 5.91 Å². The highest BCUT2D eigenvalue weighted by atomic mass is 19.4. The predicted molar refractivity (Wildman–Crippen MR) is 90.1 cm³/mol. The van der Waals surface area contributed by atoms with Crippen molar-refractivity contribution < 1.29 is 18.0 Å². The number of nitrogens with zero attached hydrogens (tertiary/aromatic N) is 4. The van der Waals surface area contributed by atoms with E-state index in [0.717, 1.165) is 34.6 Å². The zero-order chi connectivity index (χ0) is 18.6. The summed E-state index contributed by atoms with van der Waals surface area (Å²) in [5, 5.41) is 0.881. The van der Waals surface area contributed by atoms with Gasteiger partial charge in [-0.3, -0.25) is 9.78 Å². The third-order valence-corrected chi connectivity index (χ3v) is 4.56. The molecule has 0 spiro atoms. The van der Waals surface area contributed by atoms with Gasteiger partial charge in [0.1, 0.15) is 17.0 Å². The maximum Gasteiger partial charge on any atom is 0.433 e. The molecule has 0 fully saturated rings. The second kappa shape index (κ2) is 5.55. The van der Waals surface area contributed by atoms with E-state index < -0.39 is 11.9 Å². The lowest BCUT2D eigenvalue weighted by molar-refractivity contribution is -0.141. The monoisotopic (exact) mass is 360 g/mol. The SMILES string of the molecule is Cc1cc(C)c2cc3n(c2n1)CCN(c1ccnc(C(F)(F)F)c1)C3=O. The molecular formula is C18H15F3N4O. The van der Waals surface area contributed by atoms with Crippen LogP contribution in [0.4, 0.5) is 18.9 Å². The highest BCUT2D eigenvalue weighted by Gasteiger charge is 2.34. The maximum absolute atomic E-state index is 12.9. The summed E-state index contributed by atoms with van der Waals surface area (Å²) in [6, 6.07) is 6.02. The van der Waals surface area contributed by atoms with Crippen molar-refractivity contribution in [3.8, 4) is 0 Å². The van der Waals surface area contributed by atoms with Gasteiger partial charge >= 0.3 is 6.18 Å². The van der Waals surface area contributed by atoms with Gasteiger partial charge in [0, 0.05) is 36.1 Å². The van der Waals surface area contributed by atoms with Crippen LogP contribution in [-0.4, -0.2) is 27.0 Å². The molecular weight excluding hydrogens is 345 g/mol. The number of pyridine rings is 2. The Hall–Kier alpha value is -2.90. The number of amides is 1. The number of rotatable bonds is 1. The zero-order valence-corrected chi connectivity index (χ0v) is 14.1. The average molecular weight is 360 g/mol. The first-order valence-corrected chi connectivity index (χ1v) is 8.08. The smallest absolute Gasteiger partial charge is 0.319 e. The van der Waals surface area contributed by atoms with Crippen LogP contribution in [0.15, 0.2) is 30.5 Å². The van der Waals surface area contributed by atoms with Crippen LogP contribution in [0.1, 0.15) is 27.4 Å². The Morgan fingerprint density at radius 3 is 2.62 bits per heavy atom. The molecule has 0 saturated heterocycles. The Balaban J connectivity index is 1.79. The van der Waals surface area contributed by atoms with Crippen LogP contribution in [0.2, 0.25) is 0 Å². The first-order chi connectivity index (χ1) is 12.3. The van der Waals surface area contributed by atoms with Crippen LogP contribution in [-0.2, 0) is 12.7 Å². The van der Waals surface area contributed by atoms with Crippen LogP contribution in [0.5, 0.6) is 0 Å². The highest BCUT2D eigenvalue weighted by Crippen LogP contribution is 2.32. The van der Waals surface area contributed by atoms with Crippen molar-refractivity contribution in [3.05, 3.63) is 53.1 Å². The molecule has 0 aliphatic carbocycles. The lowest BCUT2D eigenvalue weighted by Gasteiger charge is -2.28. The minimum absolute atomic E-state index is 0.190. The number of anilines is 1. The number of aryl methyl sites for hydroxylation is 2. The summed E-state index contributed by atoms with van der Waals surface area (Å²) < 4.78 is 40.6. The third kappa shape index (κ3) is 2.53. The lowest BCUT2D eigenvalue weighted by Crippen LogP contribution is -2.40. The summed E-state index contributed by atoms with van der Waals surface area (Å²) >= 11 is 0. The van der Waals surface area contributed by atoms with E-state index in [9.17, 15) is 18.0 Å². The molecule has 0 aromatic carbocycles. The van der Waals surface area contributed by atoms with E-state index in [1.54, 1.807) is 6.07 Å². The highest BCUT2D eigenvalue weighted by molar-refractivity contribution is 6.08. The Kier molecular flexibility index (Phi) is 3.54. The van der Waals surface area contributed by atoms with Crippen LogP contribution in [0.3, 0.4) is 0 Å². The Morgan fingerprint density at radius 1 is 1.12 bits per heavy atom. The number of carbonyl (C=O) groups excluding carboxylic acids is 1. The van der Waals surface area contributed by atoms with E-state index in [0.29, 0.717) is 12.2 Å². The predicted octanol–water partition coefficient (Wildman–Crippen LogP) is 3.73. The maximum atomic E-state index is 12.9. The van der Waals surface area contributed by atoms with E-state index in [1.807, 2.05) is 24.5 Å². The molecule has 1 amide bonds. The first kappa shape index (κ1) is 16.6. The Labute approximate surface area is 147 Å². The van der Waals surface area contributed by atoms with E-state index in [2.05, 4.69) is 9.97 Å². The zero-order valence-electron chi connectivity index (χ0n) is 14.1. The summed E-state index contributed by atoms with van der Waals surface area (Å²) in [7, 11) is 0. The summed E-state index contributed by atoms with van der Waals surface area (Å²) in [6.45, 7) is 4.57. The first-order valence-electron chi connectivity index (χ1n) is 8.08. The van der Waals surface area contributed by atoms with Crippen molar-refractivity contribution >= 4 is 22.6 Å². The lowest BCUT2D eigenvalue weighted by atomic mass is 10.2. The average Bonchev–Trinajstić information content (AvgIpc) is 2.95. The van der Waals surface area contributed by atoms with Crippen molar-refractivity contribution in [2.24, 2.45) is 0 Å². The van der Waals surface area contributed by atoms with Gasteiger partial charge in [0.2, 0.25) is 0 Å². The van der Waals surface area contributed by atoms with Crippen molar-refractivity contribution in [2.45, 2.75) is 26.6 Å². The summed E-state index contributed by atoms with van der Waals surface area (Å²) in [6.07, 6.45) is -3.48. The van der Waals surface area contributed by atoms with Gasteiger partial charge in [-0.15, -0.1) is 0 Å². The normalized spacial score (nSPS) is 14.8. The van der Waals surface area contributed by atoms with Gasteiger partial charge in [-0.2, -0.15) is 13.2 Å². The summed E-state index contributed by atoms with van der Waals surface area (Å²) in [4.78, 5) is 22.1. The van der Waals surface area contributed by atoms with Crippen molar-refractivity contribution in [2.75, 3.05) is 11.4 Å². The number of hydrogen-bond donors (Lipinski definition) is 0. The molecule has 134 valence electrons. The fourth-order valence-electron chi connectivity index (χ4n) is 3.37. The number of aromatic nitrogens is 3. The minimum atomic E-state index is -4.55. The second-order valence-electron chi connectivity index (χ2n) is 6.35. The van der Waals surface area contributed by atoms with Gasteiger partial charge in [0.15, 0.2) is 0 Å². The molecule has 0 N–H and O–H groups in total.